The van der Waals surface area contributed by atoms with Crippen molar-refractivity contribution < 1.29 is 86.0 Å². The molecule has 2 atom stereocenters. The normalized spacial score (nSPS) is 30.7. The van der Waals surface area contributed by atoms with E-state index in [9.17, 15) is 0 Å². The van der Waals surface area contributed by atoms with E-state index in [0.29, 0.717) is 48.2 Å². The summed E-state index contributed by atoms with van der Waals surface area (Å²) in [4.78, 5) is 0. The average molecular weight is 1400 g/mol. The molecule has 0 aromatic heterocycles. The molecule has 2 unspecified atom stereocenters. The molecule has 9 aliphatic heterocycles. The maximum atomic E-state index is 6.23. The van der Waals surface area contributed by atoms with Crippen LogP contribution in [0.3, 0.4) is 0 Å². The van der Waals surface area contributed by atoms with Crippen LogP contribution in [0.4, 0.5) is 0 Å². The van der Waals surface area contributed by atoms with Gasteiger partial charge < -0.3 is 86.0 Å². The number of hydrogen-bond acceptors (Lipinski definition) is 19. The van der Waals surface area contributed by atoms with Gasteiger partial charge in [0.05, 0.1) is 90.8 Å². The fraction of sp³-hybridized carbons (Fsp3) is 0.797. The third kappa shape index (κ3) is 23.8. The van der Waals surface area contributed by atoms with Crippen molar-refractivity contribution in [1.82, 2.24) is 0 Å². The highest BCUT2D eigenvalue weighted by Gasteiger charge is 2.64. The number of fused-ring (bicyclic) bond motifs is 4. The summed E-state index contributed by atoms with van der Waals surface area (Å²) >= 11 is 0. The molecule has 12 rings (SSSR count). The first kappa shape index (κ1) is 78.9. The zero-order valence-corrected chi connectivity index (χ0v) is 64.7. The first-order chi connectivity index (χ1) is 41.0. The topological polar surface area (TPSA) is 175 Å². The van der Waals surface area contributed by atoms with Crippen molar-refractivity contribution in [3.05, 3.63) is 56.6 Å². The van der Waals surface area contributed by atoms with Crippen molar-refractivity contribution in [1.29, 1.82) is 0 Å². The van der Waals surface area contributed by atoms with Crippen LogP contribution in [0.2, 0.25) is 0 Å². The molecule has 2 aromatic rings. The molecular formula is C59H107O19P9. The van der Waals surface area contributed by atoms with Crippen molar-refractivity contribution in [2.45, 2.75) is 115 Å². The lowest BCUT2D eigenvalue weighted by Crippen LogP contribution is -2.64. The van der Waals surface area contributed by atoms with Crippen molar-refractivity contribution in [3.63, 3.8) is 0 Å². The summed E-state index contributed by atoms with van der Waals surface area (Å²) in [6, 6.07) is 4.43. The number of rotatable bonds is 6. The van der Waals surface area contributed by atoms with Crippen LogP contribution in [0.1, 0.15) is 106 Å². The first-order valence-corrected chi connectivity index (χ1v) is 43.3. The highest BCUT2D eigenvalue weighted by molar-refractivity contribution is 7.56. The van der Waals surface area contributed by atoms with E-state index >= 15 is 0 Å². The molecule has 0 N–H and O–H groups in total. The Morgan fingerprint density at radius 1 is 0.460 bits per heavy atom. The molecule has 28 heteroatoms. The molecule has 8 saturated heterocycles. The van der Waals surface area contributed by atoms with Gasteiger partial charge in [-0.05, 0) is 133 Å². The summed E-state index contributed by atoms with van der Waals surface area (Å²) in [7, 11) is -0.0748. The van der Waals surface area contributed by atoms with E-state index < -0.39 is 59.8 Å². The SMILES string of the molecule is CC1CC2(COP(C)OC2)C2OP3OCC2(CO3)C1.CCP(C)C.CCP(C)C.COP1OCC(C)(C)CO1.COP1OCC(C)(C)CO1.COP1OCC2(CO1)COP(OC)OC2.Cc1cc(C)c2c(c1C)Cc1c(C)c(C)cc(C)c1OP(C)O2. The van der Waals surface area contributed by atoms with Gasteiger partial charge in [-0.15, -0.1) is 15.8 Å². The second kappa shape index (κ2) is 37.1. The Bertz CT molecular complexity index is 2220. The fourth-order valence-corrected chi connectivity index (χ4v) is 18.2. The molecule has 0 radical (unpaired) electrons. The van der Waals surface area contributed by atoms with E-state index in [2.05, 4.69) is 129 Å². The summed E-state index contributed by atoms with van der Waals surface area (Å²) in [5.74, 6) is 2.67. The van der Waals surface area contributed by atoms with Gasteiger partial charge >= 0.3 is 43.0 Å². The van der Waals surface area contributed by atoms with Crippen molar-refractivity contribution in [2.24, 2.45) is 33.0 Å². The van der Waals surface area contributed by atoms with Gasteiger partial charge in [0, 0.05) is 81.0 Å². The van der Waals surface area contributed by atoms with Gasteiger partial charge in [-0.3, -0.25) is 0 Å². The summed E-state index contributed by atoms with van der Waals surface area (Å²) in [6.45, 7) is 49.6. The highest BCUT2D eigenvalue weighted by Crippen LogP contribution is 2.67. The molecule has 2 aromatic carbocycles. The maximum Gasteiger partial charge on any atom is 0.333 e. The van der Waals surface area contributed by atoms with Crippen molar-refractivity contribution in [2.75, 3.05) is 160 Å². The molecule has 3 spiro atoms. The lowest BCUT2D eigenvalue weighted by atomic mass is 9.57. The Morgan fingerprint density at radius 2 is 0.770 bits per heavy atom. The van der Waals surface area contributed by atoms with Gasteiger partial charge in [0.15, 0.2) is 8.38 Å². The van der Waals surface area contributed by atoms with Crippen molar-refractivity contribution in [3.8, 4) is 11.5 Å². The predicted octanol–water partition coefficient (Wildman–Crippen LogP) is 18.1. The van der Waals surface area contributed by atoms with Gasteiger partial charge in [0.1, 0.15) is 11.5 Å². The van der Waals surface area contributed by atoms with Crippen LogP contribution in [-0.4, -0.2) is 166 Å². The Balaban J connectivity index is 0.000000196. The molecular weight excluding hydrogens is 1290 g/mol. The minimum Gasteiger partial charge on any atom is -0.438 e. The Morgan fingerprint density at radius 3 is 1.08 bits per heavy atom. The third-order valence-electron chi connectivity index (χ3n) is 15.8. The molecule has 19 nitrogen and oxygen atoms in total. The van der Waals surface area contributed by atoms with Crippen LogP contribution < -0.4 is 9.05 Å². The summed E-state index contributed by atoms with van der Waals surface area (Å²) < 4.78 is 104. The molecule has 10 aliphatic rings. The van der Waals surface area contributed by atoms with Gasteiger partial charge in [-0.1, -0.05) is 60.6 Å². The predicted molar refractivity (Wildman–Crippen MR) is 362 cm³/mol. The van der Waals surface area contributed by atoms with E-state index in [1.807, 2.05) is 13.3 Å². The van der Waals surface area contributed by atoms with Crippen LogP contribution in [0.5, 0.6) is 11.5 Å². The van der Waals surface area contributed by atoms with Gasteiger partial charge in [-0.2, -0.15) is 0 Å². The number of aryl methyl sites for hydroxylation is 4. The fourth-order valence-electron chi connectivity index (χ4n) is 10.2. The van der Waals surface area contributed by atoms with Crippen LogP contribution in [0.15, 0.2) is 12.1 Å². The van der Waals surface area contributed by atoms with Gasteiger partial charge in [0.25, 0.3) is 8.38 Å². The molecule has 87 heavy (non-hydrogen) atoms. The molecule has 0 amide bonds. The molecule has 1 aliphatic carbocycles. The molecule has 502 valence electrons. The number of hydrogen-bond donors (Lipinski definition) is 0. The quantitative estimate of drug-likeness (QED) is 0.249. The zero-order chi connectivity index (χ0) is 64.5. The van der Waals surface area contributed by atoms with E-state index in [0.717, 1.165) is 83.6 Å². The standard InChI is InChI=1S/C20H25O2P.C12H20O5P2.C7H14O6P2.2C6H13O3P.2C4H11P/c1-11-8-13(3)19-17(15(11)5)10-18-16(6)12(2)9-14(4)20(18)22-23(7)21-19;1-9-3-11(5-13-18(2)14-6-11)10-12(4-9)7-15-19(17-10)16-8-12;1-8-14-10-3-7(4-11-14)5-12-15(9-2)13-6-7;2*1-6(2)4-8-10(7-3)9-5-6;2*1-4-5(2)3/h8-9H,10H2,1-7H3;9-10H,3-8H2,1-2H3;3-6H2,1-2H3;2*4-5H2,1-3H3;2*4H2,1-3H3. The highest BCUT2D eigenvalue weighted by atomic mass is 31.2. The summed E-state index contributed by atoms with van der Waals surface area (Å²) in [6.07, 6.45) is 6.02. The number of benzene rings is 2. The van der Waals surface area contributed by atoms with Gasteiger partial charge in [0.2, 0.25) is 0 Å². The Labute approximate surface area is 535 Å². The van der Waals surface area contributed by atoms with Gasteiger partial charge in [-0.25, -0.2) is 0 Å². The van der Waals surface area contributed by atoms with Crippen LogP contribution in [0.25, 0.3) is 0 Å². The monoisotopic (exact) mass is 1400 g/mol. The summed E-state index contributed by atoms with van der Waals surface area (Å²) in [5, 5.41) is 0. The summed E-state index contributed by atoms with van der Waals surface area (Å²) in [5.41, 5.74) is 10.5. The lowest BCUT2D eigenvalue weighted by Gasteiger charge is -2.61. The second-order valence-corrected chi connectivity index (χ2v) is 40.3. The first-order valence-electron chi connectivity index (χ1n) is 29.7. The largest absolute Gasteiger partial charge is 0.438 e. The van der Waals surface area contributed by atoms with Crippen LogP contribution >= 0.6 is 75.6 Å². The molecule has 9 heterocycles. The van der Waals surface area contributed by atoms with E-state index in [4.69, 9.17) is 86.0 Å². The minimum absolute atomic E-state index is 0.000648. The molecule has 1 saturated carbocycles. The maximum absolute atomic E-state index is 6.23. The van der Waals surface area contributed by atoms with E-state index in [1.165, 1.54) is 56.8 Å². The zero-order valence-electron chi connectivity index (χ0n) is 56.6. The lowest BCUT2D eigenvalue weighted by molar-refractivity contribution is -0.220. The smallest absolute Gasteiger partial charge is 0.333 e. The van der Waals surface area contributed by atoms with E-state index in [-0.39, 0.29) is 33.2 Å². The van der Waals surface area contributed by atoms with Crippen LogP contribution in [-0.2, 0) is 83.3 Å². The third-order valence-corrected chi connectivity index (χ3v) is 25.2. The molecule has 2 bridgehead atoms. The van der Waals surface area contributed by atoms with Crippen LogP contribution in [0, 0.1) is 74.5 Å². The minimum atomic E-state index is -1.17. The Kier molecular flexibility index (Phi) is 33.7. The van der Waals surface area contributed by atoms with E-state index in [1.54, 1.807) is 28.4 Å². The second-order valence-electron chi connectivity index (χ2n) is 25.6. The average Bonchev–Trinajstić information content (AvgIpc) is 1.05. The van der Waals surface area contributed by atoms with Crippen molar-refractivity contribution >= 4 is 75.6 Å². The molecule has 9 fully saturated rings. The Hall–Kier alpha value is 1.23.